The molecule has 5 nitrogen and oxygen atoms in total. The van der Waals surface area contributed by atoms with Crippen LogP contribution in [0.4, 0.5) is 0 Å². The van der Waals surface area contributed by atoms with Crippen LogP contribution in [0.1, 0.15) is 12.5 Å². The summed E-state index contributed by atoms with van der Waals surface area (Å²) in [5.41, 5.74) is 1.79. The molecule has 0 spiro atoms. The Bertz CT molecular complexity index is 668. The Balaban J connectivity index is 2.40. The highest BCUT2D eigenvalue weighted by atomic mass is 32.2. The van der Waals surface area contributed by atoms with Crippen LogP contribution in [-0.2, 0) is 4.79 Å². The lowest BCUT2D eigenvalue weighted by Crippen LogP contribution is -2.31. The average Bonchev–Trinajstić information content (AvgIpc) is 2.48. The van der Waals surface area contributed by atoms with Crippen LogP contribution in [0.15, 0.2) is 41.7 Å². The summed E-state index contributed by atoms with van der Waals surface area (Å²) in [4.78, 5) is 19.2. The number of carbonyl (C=O) groups is 1. The van der Waals surface area contributed by atoms with Crippen LogP contribution in [0.2, 0.25) is 0 Å². The van der Waals surface area contributed by atoms with Gasteiger partial charge in [0.25, 0.3) is 0 Å². The monoisotopic (exact) mass is 284 g/mol. The number of aliphatic carboxylic acids is 1. The highest BCUT2D eigenvalue weighted by molar-refractivity contribution is 8.00. The summed E-state index contributed by atoms with van der Waals surface area (Å²) in [6.45, 7) is 1.50. The van der Waals surface area contributed by atoms with Crippen molar-refractivity contribution in [3.8, 4) is 17.3 Å². The van der Waals surface area contributed by atoms with Gasteiger partial charge in [0, 0.05) is 23.2 Å². The molecule has 2 aromatic heterocycles. The van der Waals surface area contributed by atoms with Crippen molar-refractivity contribution in [2.24, 2.45) is 0 Å². The van der Waals surface area contributed by atoms with E-state index in [1.165, 1.54) is 6.92 Å². The molecule has 1 atom stereocenters. The SMILES string of the molecule is C[C@@H](Sc1nc(-c2cccnc2)ccc1C#N)C(=O)[O-]. The first-order valence-electron chi connectivity index (χ1n) is 5.81. The Morgan fingerprint density at radius 2 is 2.25 bits per heavy atom. The molecule has 0 saturated heterocycles. The minimum absolute atomic E-state index is 0.343. The van der Waals surface area contributed by atoms with E-state index in [1.807, 2.05) is 12.1 Å². The number of hydrogen-bond acceptors (Lipinski definition) is 6. The maximum Gasteiger partial charge on any atom is 0.115 e. The van der Waals surface area contributed by atoms with Crippen molar-refractivity contribution in [1.82, 2.24) is 9.97 Å². The molecule has 0 aliphatic heterocycles. The number of carboxylic acid groups (broad SMARTS) is 1. The van der Waals surface area contributed by atoms with Crippen LogP contribution >= 0.6 is 11.8 Å². The van der Waals surface area contributed by atoms with Gasteiger partial charge in [0.2, 0.25) is 0 Å². The predicted molar refractivity (Wildman–Crippen MR) is 72.5 cm³/mol. The number of aromatic nitrogens is 2. The summed E-state index contributed by atoms with van der Waals surface area (Å²) in [5, 5.41) is 19.5. The van der Waals surface area contributed by atoms with Gasteiger partial charge in [0.1, 0.15) is 11.1 Å². The minimum Gasteiger partial charge on any atom is -0.549 e. The molecular formula is C14H10N3O2S-. The zero-order valence-corrected chi connectivity index (χ0v) is 11.4. The van der Waals surface area contributed by atoms with E-state index in [9.17, 15) is 9.90 Å². The van der Waals surface area contributed by atoms with Crippen molar-refractivity contribution in [2.45, 2.75) is 17.2 Å². The fourth-order valence-electron chi connectivity index (χ4n) is 1.51. The Morgan fingerprint density at radius 3 is 2.85 bits per heavy atom. The van der Waals surface area contributed by atoms with Crippen molar-refractivity contribution in [3.05, 3.63) is 42.2 Å². The third-order valence-corrected chi connectivity index (χ3v) is 3.64. The molecule has 20 heavy (non-hydrogen) atoms. The molecule has 100 valence electrons. The lowest BCUT2D eigenvalue weighted by molar-refractivity contribution is -0.304. The highest BCUT2D eigenvalue weighted by Crippen LogP contribution is 2.27. The quantitative estimate of drug-likeness (QED) is 0.785. The molecular weight excluding hydrogens is 274 g/mol. The Hall–Kier alpha value is -2.39. The van der Waals surface area contributed by atoms with E-state index >= 15 is 0 Å². The van der Waals surface area contributed by atoms with E-state index in [0.717, 1.165) is 17.3 Å². The largest absolute Gasteiger partial charge is 0.549 e. The van der Waals surface area contributed by atoms with Gasteiger partial charge in [-0.05, 0) is 31.2 Å². The number of pyridine rings is 2. The van der Waals surface area contributed by atoms with Crippen molar-refractivity contribution in [1.29, 1.82) is 5.26 Å². The Labute approximate surface area is 120 Å². The summed E-state index contributed by atoms with van der Waals surface area (Å²) >= 11 is 0.996. The molecule has 0 bridgehead atoms. The van der Waals surface area contributed by atoms with Gasteiger partial charge in [-0.1, -0.05) is 11.8 Å². The number of nitriles is 1. The van der Waals surface area contributed by atoms with E-state index in [1.54, 1.807) is 30.6 Å². The van der Waals surface area contributed by atoms with E-state index < -0.39 is 11.2 Å². The third-order valence-electron chi connectivity index (χ3n) is 2.56. The molecule has 2 aromatic rings. The van der Waals surface area contributed by atoms with Gasteiger partial charge in [-0.15, -0.1) is 0 Å². The lowest BCUT2D eigenvalue weighted by atomic mass is 10.2. The molecule has 6 heteroatoms. The molecule has 0 amide bonds. The average molecular weight is 284 g/mol. The fraction of sp³-hybridized carbons (Fsp3) is 0.143. The lowest BCUT2D eigenvalue weighted by Gasteiger charge is -2.13. The summed E-state index contributed by atoms with van der Waals surface area (Å²) in [6.07, 6.45) is 3.31. The van der Waals surface area contributed by atoms with Crippen molar-refractivity contribution in [3.63, 3.8) is 0 Å². The molecule has 0 aliphatic rings. The van der Waals surface area contributed by atoms with E-state index in [0.29, 0.717) is 16.3 Å². The molecule has 2 rings (SSSR count). The van der Waals surface area contributed by atoms with Gasteiger partial charge >= 0.3 is 0 Å². The summed E-state index contributed by atoms with van der Waals surface area (Å²) in [5.74, 6) is -1.19. The predicted octanol–water partition coefficient (Wildman–Crippen LogP) is 1.25. The number of nitrogens with zero attached hydrogens (tertiary/aromatic N) is 3. The fourth-order valence-corrected chi connectivity index (χ4v) is 2.33. The highest BCUT2D eigenvalue weighted by Gasteiger charge is 2.12. The number of hydrogen-bond donors (Lipinski definition) is 0. The normalized spacial score (nSPS) is 11.6. The van der Waals surface area contributed by atoms with Crippen molar-refractivity contribution in [2.75, 3.05) is 0 Å². The number of carbonyl (C=O) groups excluding carboxylic acids is 1. The van der Waals surface area contributed by atoms with Gasteiger partial charge in [-0.2, -0.15) is 5.26 Å². The van der Waals surface area contributed by atoms with Gasteiger partial charge in [-0.25, -0.2) is 4.98 Å². The van der Waals surface area contributed by atoms with Crippen LogP contribution in [0.3, 0.4) is 0 Å². The standard InChI is InChI=1S/C14H11N3O2S/c1-9(14(18)19)20-13-10(7-15)4-5-12(17-13)11-3-2-6-16-8-11/h2-6,8-9H,1H3,(H,18,19)/p-1/t9-/m1/s1. The van der Waals surface area contributed by atoms with Gasteiger partial charge in [0.05, 0.1) is 17.2 Å². The van der Waals surface area contributed by atoms with Crippen molar-refractivity contribution < 1.29 is 9.90 Å². The Kier molecular flexibility index (Phi) is 4.33. The molecule has 0 aromatic carbocycles. The van der Waals surface area contributed by atoms with Crippen LogP contribution in [-0.4, -0.2) is 21.2 Å². The first-order valence-corrected chi connectivity index (χ1v) is 6.69. The van der Waals surface area contributed by atoms with E-state index in [-0.39, 0.29) is 0 Å². The first-order chi connectivity index (χ1) is 9.61. The smallest absolute Gasteiger partial charge is 0.115 e. The van der Waals surface area contributed by atoms with Crippen LogP contribution in [0.25, 0.3) is 11.3 Å². The summed E-state index contributed by atoms with van der Waals surface area (Å²) in [6, 6.07) is 8.97. The minimum atomic E-state index is -1.19. The number of rotatable bonds is 4. The van der Waals surface area contributed by atoms with E-state index in [4.69, 9.17) is 5.26 Å². The molecule has 0 N–H and O–H groups in total. The second-order valence-electron chi connectivity index (χ2n) is 3.98. The van der Waals surface area contributed by atoms with Gasteiger partial charge in [-0.3, -0.25) is 4.98 Å². The number of thioether (sulfide) groups is 1. The maximum absolute atomic E-state index is 10.8. The number of carboxylic acids is 1. The second-order valence-corrected chi connectivity index (χ2v) is 5.31. The van der Waals surface area contributed by atoms with Crippen LogP contribution < -0.4 is 5.11 Å². The molecule has 0 aliphatic carbocycles. The van der Waals surface area contributed by atoms with Crippen LogP contribution in [0.5, 0.6) is 0 Å². The molecule has 0 radical (unpaired) electrons. The molecule has 0 saturated carbocycles. The molecule has 2 heterocycles. The first kappa shape index (κ1) is 14.0. The van der Waals surface area contributed by atoms with E-state index in [2.05, 4.69) is 9.97 Å². The zero-order valence-electron chi connectivity index (χ0n) is 10.6. The second kappa shape index (κ2) is 6.17. The Morgan fingerprint density at radius 1 is 1.45 bits per heavy atom. The van der Waals surface area contributed by atoms with Gasteiger partial charge < -0.3 is 9.90 Å². The maximum atomic E-state index is 10.8. The molecule has 0 fully saturated rings. The topological polar surface area (TPSA) is 89.7 Å². The van der Waals surface area contributed by atoms with Gasteiger partial charge in [0.15, 0.2) is 0 Å². The summed E-state index contributed by atoms with van der Waals surface area (Å²) in [7, 11) is 0. The summed E-state index contributed by atoms with van der Waals surface area (Å²) < 4.78 is 0. The van der Waals surface area contributed by atoms with Crippen LogP contribution in [0, 0.1) is 11.3 Å². The zero-order chi connectivity index (χ0) is 14.5. The molecule has 0 unspecified atom stereocenters. The van der Waals surface area contributed by atoms with Crippen molar-refractivity contribution >= 4 is 17.7 Å². The third kappa shape index (κ3) is 3.13.